The second-order valence-corrected chi connectivity index (χ2v) is 18.7. The molecular formula is C47H65F2N5O8. The first-order chi connectivity index (χ1) is 29.1. The molecule has 1 aromatic heterocycles. The van der Waals surface area contributed by atoms with Crippen molar-refractivity contribution in [3.63, 3.8) is 0 Å². The Kier molecular flexibility index (Phi) is 17.4. The van der Waals surface area contributed by atoms with Gasteiger partial charge < -0.3 is 40.4 Å². The number of nitrogens with zero attached hydrogens (tertiary/aromatic N) is 2. The van der Waals surface area contributed by atoms with E-state index in [2.05, 4.69) is 17.6 Å². The van der Waals surface area contributed by atoms with Crippen LogP contribution < -0.4 is 16.4 Å². The quantitative estimate of drug-likeness (QED) is 0.0888. The van der Waals surface area contributed by atoms with Crippen LogP contribution in [0.2, 0.25) is 0 Å². The molecular weight excluding hydrogens is 801 g/mol. The fourth-order valence-electron chi connectivity index (χ4n) is 7.60. The van der Waals surface area contributed by atoms with E-state index in [0.29, 0.717) is 17.8 Å². The van der Waals surface area contributed by atoms with Gasteiger partial charge in [0.1, 0.15) is 29.9 Å². The third-order valence-electron chi connectivity index (χ3n) is 11.1. The fraction of sp³-hybridized carbons (Fsp3) is 0.553. The summed E-state index contributed by atoms with van der Waals surface area (Å²) in [5.41, 5.74) is 6.94. The lowest BCUT2D eigenvalue weighted by Crippen LogP contribution is -2.48. The molecule has 340 valence electrons. The number of ether oxygens (including phenoxy) is 2. The number of halogens is 2. The van der Waals surface area contributed by atoms with Gasteiger partial charge in [0, 0.05) is 55.5 Å². The van der Waals surface area contributed by atoms with E-state index in [1.165, 1.54) is 11.3 Å². The Morgan fingerprint density at radius 3 is 2.27 bits per heavy atom. The summed E-state index contributed by atoms with van der Waals surface area (Å²) in [5, 5.41) is 15.4. The molecule has 1 aliphatic carbocycles. The van der Waals surface area contributed by atoms with Crippen LogP contribution in [0, 0.1) is 22.5 Å². The van der Waals surface area contributed by atoms with Crippen molar-refractivity contribution in [3.05, 3.63) is 83.7 Å². The van der Waals surface area contributed by atoms with Crippen LogP contribution in [-0.4, -0.2) is 88.2 Å². The summed E-state index contributed by atoms with van der Waals surface area (Å²) in [7, 11) is 0. The van der Waals surface area contributed by atoms with Crippen LogP contribution in [0.5, 0.6) is 0 Å². The molecule has 1 saturated carbocycles. The molecule has 62 heavy (non-hydrogen) atoms. The molecule has 1 aliphatic rings. The van der Waals surface area contributed by atoms with Crippen LogP contribution in [-0.2, 0) is 40.0 Å². The Morgan fingerprint density at radius 2 is 1.66 bits per heavy atom. The number of nitrogens with two attached hydrogens (primary N) is 1. The third-order valence-corrected chi connectivity index (χ3v) is 11.1. The Morgan fingerprint density at radius 1 is 0.968 bits per heavy atom. The average Bonchev–Trinajstić information content (AvgIpc) is 3.58. The van der Waals surface area contributed by atoms with Gasteiger partial charge in [-0.15, -0.1) is 0 Å². The van der Waals surface area contributed by atoms with Crippen LogP contribution in [0.4, 0.5) is 8.78 Å². The zero-order valence-corrected chi connectivity index (χ0v) is 37.2. The number of carbonyl (C=O) groups excluding carboxylic acids is 5. The summed E-state index contributed by atoms with van der Waals surface area (Å²) >= 11 is 0. The number of aliphatic hydroxyl groups is 1. The zero-order valence-electron chi connectivity index (χ0n) is 37.2. The highest BCUT2D eigenvalue weighted by molar-refractivity contribution is 5.86. The molecule has 15 heteroatoms. The van der Waals surface area contributed by atoms with E-state index >= 15 is 4.39 Å². The van der Waals surface area contributed by atoms with E-state index in [1.54, 1.807) is 33.0 Å². The van der Waals surface area contributed by atoms with Crippen molar-refractivity contribution in [1.29, 1.82) is 0 Å². The number of nitrogens with one attached hydrogen (secondary N) is 2. The Labute approximate surface area is 364 Å². The number of amides is 3. The molecule has 0 aliphatic heterocycles. The summed E-state index contributed by atoms with van der Waals surface area (Å²) in [5.74, 6) is -4.20. The predicted molar refractivity (Wildman–Crippen MR) is 231 cm³/mol. The average molecular weight is 866 g/mol. The first-order valence-corrected chi connectivity index (χ1v) is 21.4. The van der Waals surface area contributed by atoms with Crippen LogP contribution >= 0.6 is 0 Å². The molecule has 2 aromatic carbocycles. The molecule has 13 nitrogen and oxygen atoms in total. The van der Waals surface area contributed by atoms with Gasteiger partial charge in [0.15, 0.2) is 0 Å². The second-order valence-electron chi connectivity index (χ2n) is 18.7. The number of benzene rings is 2. The number of aliphatic hydroxyl groups excluding tert-OH is 1. The van der Waals surface area contributed by atoms with Crippen molar-refractivity contribution in [2.24, 2.45) is 16.6 Å². The monoisotopic (exact) mass is 865 g/mol. The summed E-state index contributed by atoms with van der Waals surface area (Å²) in [6, 6.07) is 11.4. The second kappa shape index (κ2) is 21.8. The van der Waals surface area contributed by atoms with E-state index in [-0.39, 0.29) is 56.4 Å². The zero-order chi connectivity index (χ0) is 45.8. The van der Waals surface area contributed by atoms with E-state index in [0.717, 1.165) is 43.0 Å². The number of esters is 2. The van der Waals surface area contributed by atoms with E-state index < -0.39 is 77.0 Å². The fourth-order valence-corrected chi connectivity index (χ4v) is 7.60. The molecule has 3 aromatic rings. The highest BCUT2D eigenvalue weighted by Crippen LogP contribution is 2.43. The van der Waals surface area contributed by atoms with Crippen molar-refractivity contribution in [1.82, 2.24) is 20.1 Å². The molecule has 5 N–H and O–H groups in total. The molecule has 1 fully saturated rings. The normalized spacial score (nSPS) is 15.1. The molecule has 1 heterocycles. The molecule has 3 atom stereocenters. The van der Waals surface area contributed by atoms with Gasteiger partial charge in [0.25, 0.3) is 0 Å². The van der Waals surface area contributed by atoms with Crippen LogP contribution in [0.1, 0.15) is 117 Å². The SMILES string of the molecule is CC1(CCOC(=O)CC[C@H](NC(=O)CCNC(=O)[C@@H](N)CCN(C(=O)CO)[C@@H](c2cc(-c3cc(F)ccc3F)cn2Cc2ccccc2)C(C)(C)C)C(=O)OC(C)(C)C)CCC1. The van der Waals surface area contributed by atoms with E-state index in [1.807, 2.05) is 55.7 Å². The van der Waals surface area contributed by atoms with E-state index in [4.69, 9.17) is 15.2 Å². The molecule has 3 amide bonds. The predicted octanol–water partition coefficient (Wildman–Crippen LogP) is 6.34. The van der Waals surface area contributed by atoms with Gasteiger partial charge in [-0.2, -0.15) is 0 Å². The number of hydrogen-bond donors (Lipinski definition) is 4. The lowest BCUT2D eigenvalue weighted by Gasteiger charge is -2.41. The lowest BCUT2D eigenvalue weighted by atomic mass is 9.68. The van der Waals surface area contributed by atoms with Gasteiger partial charge in [-0.3, -0.25) is 19.2 Å². The van der Waals surface area contributed by atoms with Crippen LogP contribution in [0.15, 0.2) is 60.8 Å². The Balaban J connectivity index is 1.41. The van der Waals surface area contributed by atoms with Crippen molar-refractivity contribution in [2.45, 2.75) is 130 Å². The first kappa shape index (κ1) is 49.5. The van der Waals surface area contributed by atoms with Gasteiger partial charge in [-0.05, 0) is 93.5 Å². The minimum Gasteiger partial charge on any atom is -0.466 e. The number of carbonyl (C=O) groups is 5. The highest BCUT2D eigenvalue weighted by atomic mass is 19.1. The topological polar surface area (TPSA) is 182 Å². The van der Waals surface area contributed by atoms with Crippen molar-refractivity contribution in [3.8, 4) is 11.1 Å². The molecule has 4 rings (SSSR count). The molecule has 0 spiro atoms. The summed E-state index contributed by atoms with van der Waals surface area (Å²) in [6.45, 7) is 12.6. The van der Waals surface area contributed by atoms with Gasteiger partial charge >= 0.3 is 11.9 Å². The number of rotatable bonds is 21. The largest absolute Gasteiger partial charge is 0.466 e. The van der Waals surface area contributed by atoms with Crippen molar-refractivity contribution in [2.75, 3.05) is 26.3 Å². The van der Waals surface area contributed by atoms with Gasteiger partial charge in [-0.25, -0.2) is 13.6 Å². The Hall–Kier alpha value is -5.15. The summed E-state index contributed by atoms with van der Waals surface area (Å²) in [6.07, 6.45) is 5.46. The standard InChI is InChI=1S/C47H65F2N5O8/c1-45(2,3)42(38-26-32(34-27-33(48)14-15-35(34)49)29-53(38)28-31-12-9-8-10-13-31)54(40(57)30-55)24-19-36(50)43(59)51-23-18-39(56)52-37(44(60)62-46(4,5)6)16-17-41(58)61-25-22-47(7)20-11-21-47/h8-10,12-15,26-27,29,36-37,42,55H,11,16-25,28,30,50H2,1-7H3,(H,51,59)(H,52,56)/t36-,37-,42-/m0/s1. The van der Waals surface area contributed by atoms with Gasteiger partial charge in [-0.1, -0.05) is 64.4 Å². The van der Waals surface area contributed by atoms with Crippen LogP contribution in [0.25, 0.3) is 11.1 Å². The van der Waals surface area contributed by atoms with Crippen LogP contribution in [0.3, 0.4) is 0 Å². The molecule has 0 saturated heterocycles. The minimum atomic E-state index is -1.13. The van der Waals surface area contributed by atoms with Crippen molar-refractivity contribution >= 4 is 29.7 Å². The smallest absolute Gasteiger partial charge is 0.329 e. The van der Waals surface area contributed by atoms with Gasteiger partial charge in [0.05, 0.1) is 18.7 Å². The van der Waals surface area contributed by atoms with Crippen molar-refractivity contribution < 1.29 is 47.3 Å². The maximum Gasteiger partial charge on any atom is 0.329 e. The summed E-state index contributed by atoms with van der Waals surface area (Å²) in [4.78, 5) is 66.7. The first-order valence-electron chi connectivity index (χ1n) is 21.4. The summed E-state index contributed by atoms with van der Waals surface area (Å²) < 4.78 is 42.2. The van der Waals surface area contributed by atoms with Gasteiger partial charge in [0.2, 0.25) is 17.7 Å². The molecule has 0 unspecified atom stereocenters. The molecule has 0 bridgehead atoms. The lowest BCUT2D eigenvalue weighted by molar-refractivity contribution is -0.159. The molecule has 0 radical (unpaired) electrons. The maximum atomic E-state index is 15.1. The number of hydrogen-bond acceptors (Lipinski definition) is 9. The highest BCUT2D eigenvalue weighted by Gasteiger charge is 2.38. The maximum absolute atomic E-state index is 15.1. The third kappa shape index (κ3) is 14.7. The number of aromatic nitrogens is 1. The minimum absolute atomic E-state index is 0.0306. The van der Waals surface area contributed by atoms with E-state index in [9.17, 15) is 33.5 Å². The Bertz CT molecular complexity index is 2000.